The highest BCUT2D eigenvalue weighted by molar-refractivity contribution is 5.77. The van der Waals surface area contributed by atoms with Gasteiger partial charge in [-0.25, -0.2) is 14.5 Å². The van der Waals surface area contributed by atoms with E-state index in [2.05, 4.69) is 30.7 Å². The fourth-order valence-corrected chi connectivity index (χ4v) is 2.79. The van der Waals surface area contributed by atoms with Gasteiger partial charge in [0, 0.05) is 24.3 Å². The van der Waals surface area contributed by atoms with E-state index in [4.69, 9.17) is 0 Å². The van der Waals surface area contributed by atoms with Crippen LogP contribution in [0.25, 0.3) is 16.8 Å². The van der Waals surface area contributed by atoms with Crippen molar-refractivity contribution in [3.63, 3.8) is 0 Å². The molecular weight excluding hydrogens is 278 g/mol. The van der Waals surface area contributed by atoms with Gasteiger partial charge in [0.2, 0.25) is 0 Å². The number of rotatable bonds is 3. The van der Waals surface area contributed by atoms with E-state index in [1.54, 1.807) is 35.6 Å². The maximum atomic E-state index is 4.68. The van der Waals surface area contributed by atoms with Crippen molar-refractivity contribution in [3.05, 3.63) is 37.2 Å². The average Bonchev–Trinajstić information content (AvgIpc) is 3.00. The standard InChI is InChI=1S/C15H17N7/c1-2-11(6-16-4-1)20-15-9-18-8-13(21-15)12-7-19-22-10-17-5-3-14(12)22/h3,5,7-11,16H,1-2,4,6H2,(H,20,21). The van der Waals surface area contributed by atoms with Crippen LogP contribution in [0.3, 0.4) is 0 Å². The molecule has 1 unspecified atom stereocenters. The second kappa shape index (κ2) is 5.69. The number of aromatic nitrogens is 5. The Kier molecular flexibility index (Phi) is 3.40. The lowest BCUT2D eigenvalue weighted by Crippen LogP contribution is -2.38. The second-order valence-corrected chi connectivity index (χ2v) is 5.45. The molecule has 0 saturated carbocycles. The van der Waals surface area contributed by atoms with Crippen LogP contribution in [0.5, 0.6) is 0 Å². The van der Waals surface area contributed by atoms with Crippen LogP contribution in [0, 0.1) is 0 Å². The number of fused-ring (bicyclic) bond motifs is 1. The average molecular weight is 295 g/mol. The lowest BCUT2D eigenvalue weighted by molar-refractivity contribution is 0.479. The SMILES string of the molecule is c1cc2c(-c3cncc(NC4CCCNC4)n3)cnn2cn1. The van der Waals surface area contributed by atoms with Crippen LogP contribution in [0.4, 0.5) is 5.82 Å². The molecule has 0 amide bonds. The summed E-state index contributed by atoms with van der Waals surface area (Å²) in [6, 6.07) is 2.33. The largest absolute Gasteiger partial charge is 0.365 e. The molecule has 1 aliphatic heterocycles. The highest BCUT2D eigenvalue weighted by atomic mass is 15.2. The van der Waals surface area contributed by atoms with Gasteiger partial charge < -0.3 is 10.6 Å². The second-order valence-electron chi connectivity index (χ2n) is 5.45. The van der Waals surface area contributed by atoms with Crippen molar-refractivity contribution in [1.29, 1.82) is 0 Å². The fraction of sp³-hybridized carbons (Fsp3) is 0.333. The van der Waals surface area contributed by atoms with E-state index < -0.39 is 0 Å². The Morgan fingerprint density at radius 3 is 3.14 bits per heavy atom. The van der Waals surface area contributed by atoms with Gasteiger partial charge in [0.05, 0.1) is 29.8 Å². The molecule has 0 aliphatic carbocycles. The van der Waals surface area contributed by atoms with Gasteiger partial charge in [-0.1, -0.05) is 0 Å². The van der Waals surface area contributed by atoms with E-state index in [0.717, 1.165) is 42.1 Å². The quantitative estimate of drug-likeness (QED) is 0.759. The maximum Gasteiger partial charge on any atom is 0.145 e. The molecule has 1 fully saturated rings. The van der Waals surface area contributed by atoms with Crippen molar-refractivity contribution in [2.24, 2.45) is 0 Å². The first-order valence-electron chi connectivity index (χ1n) is 7.47. The van der Waals surface area contributed by atoms with Gasteiger partial charge in [-0.15, -0.1) is 0 Å². The number of anilines is 1. The highest BCUT2D eigenvalue weighted by Crippen LogP contribution is 2.22. The van der Waals surface area contributed by atoms with Gasteiger partial charge in [-0.3, -0.25) is 4.98 Å². The summed E-state index contributed by atoms with van der Waals surface area (Å²) in [6.45, 7) is 2.06. The van der Waals surface area contributed by atoms with Crippen molar-refractivity contribution in [2.75, 3.05) is 18.4 Å². The van der Waals surface area contributed by atoms with Crippen LogP contribution in [0.1, 0.15) is 12.8 Å². The molecule has 3 aromatic rings. The normalized spacial score (nSPS) is 18.5. The lowest BCUT2D eigenvalue weighted by atomic mass is 10.1. The molecule has 0 aromatic carbocycles. The first-order valence-corrected chi connectivity index (χ1v) is 7.47. The van der Waals surface area contributed by atoms with E-state index >= 15 is 0 Å². The van der Waals surface area contributed by atoms with E-state index in [1.165, 1.54) is 6.42 Å². The third kappa shape index (κ3) is 2.50. The van der Waals surface area contributed by atoms with Crippen LogP contribution in [0.2, 0.25) is 0 Å². The molecule has 112 valence electrons. The van der Waals surface area contributed by atoms with Crippen molar-refractivity contribution < 1.29 is 0 Å². The van der Waals surface area contributed by atoms with E-state index in [0.29, 0.717) is 6.04 Å². The summed E-state index contributed by atoms with van der Waals surface area (Å²) in [7, 11) is 0. The van der Waals surface area contributed by atoms with Gasteiger partial charge >= 0.3 is 0 Å². The summed E-state index contributed by atoms with van der Waals surface area (Å²) in [5.74, 6) is 0.805. The maximum absolute atomic E-state index is 4.68. The van der Waals surface area contributed by atoms with Gasteiger partial charge in [0.15, 0.2) is 0 Å². The third-order valence-corrected chi connectivity index (χ3v) is 3.89. The Bertz CT molecular complexity index is 776. The van der Waals surface area contributed by atoms with E-state index in [9.17, 15) is 0 Å². The predicted molar refractivity (Wildman–Crippen MR) is 83.5 cm³/mol. The molecular formula is C15H17N7. The summed E-state index contributed by atoms with van der Waals surface area (Å²) in [6.07, 6.45) is 11.1. The smallest absolute Gasteiger partial charge is 0.145 e. The zero-order valence-electron chi connectivity index (χ0n) is 12.1. The first kappa shape index (κ1) is 13.1. The molecule has 2 N–H and O–H groups in total. The molecule has 1 atom stereocenters. The lowest BCUT2D eigenvalue weighted by Gasteiger charge is -2.24. The molecule has 1 aliphatic rings. The minimum Gasteiger partial charge on any atom is -0.365 e. The molecule has 1 saturated heterocycles. The zero-order chi connectivity index (χ0) is 14.8. The summed E-state index contributed by atoms with van der Waals surface area (Å²) in [5, 5.41) is 11.1. The van der Waals surface area contributed by atoms with Crippen LogP contribution >= 0.6 is 0 Å². The van der Waals surface area contributed by atoms with Gasteiger partial charge in [-0.05, 0) is 25.5 Å². The monoisotopic (exact) mass is 295 g/mol. The van der Waals surface area contributed by atoms with Crippen molar-refractivity contribution in [2.45, 2.75) is 18.9 Å². The van der Waals surface area contributed by atoms with Crippen LogP contribution in [-0.2, 0) is 0 Å². The molecule has 7 heteroatoms. The predicted octanol–water partition coefficient (Wildman–Crippen LogP) is 1.35. The topological polar surface area (TPSA) is 80.0 Å². The summed E-state index contributed by atoms with van der Waals surface area (Å²) < 4.78 is 1.74. The highest BCUT2D eigenvalue weighted by Gasteiger charge is 2.14. The van der Waals surface area contributed by atoms with Crippen molar-refractivity contribution in [3.8, 4) is 11.3 Å². The van der Waals surface area contributed by atoms with Crippen molar-refractivity contribution >= 4 is 11.3 Å². The Morgan fingerprint density at radius 2 is 2.23 bits per heavy atom. The molecule has 4 heterocycles. The number of nitrogens with zero attached hydrogens (tertiary/aromatic N) is 5. The minimum absolute atomic E-state index is 0.409. The molecule has 4 rings (SSSR count). The Morgan fingerprint density at radius 1 is 1.23 bits per heavy atom. The summed E-state index contributed by atoms with van der Waals surface area (Å²) in [4.78, 5) is 13.1. The molecule has 7 nitrogen and oxygen atoms in total. The number of hydrogen-bond acceptors (Lipinski definition) is 6. The molecule has 0 radical (unpaired) electrons. The van der Waals surface area contributed by atoms with Gasteiger partial charge in [0.25, 0.3) is 0 Å². The molecule has 0 spiro atoms. The summed E-state index contributed by atoms with van der Waals surface area (Å²) >= 11 is 0. The summed E-state index contributed by atoms with van der Waals surface area (Å²) in [5.41, 5.74) is 2.75. The fourth-order valence-electron chi connectivity index (χ4n) is 2.79. The van der Waals surface area contributed by atoms with Crippen LogP contribution in [-0.4, -0.2) is 43.7 Å². The van der Waals surface area contributed by atoms with Crippen LogP contribution in [0.15, 0.2) is 37.2 Å². The minimum atomic E-state index is 0.409. The molecule has 22 heavy (non-hydrogen) atoms. The van der Waals surface area contributed by atoms with Gasteiger partial charge in [0.1, 0.15) is 12.1 Å². The Balaban J connectivity index is 1.63. The molecule has 3 aromatic heterocycles. The Hall–Kier alpha value is -2.54. The molecule has 0 bridgehead atoms. The van der Waals surface area contributed by atoms with E-state index in [-0.39, 0.29) is 0 Å². The van der Waals surface area contributed by atoms with E-state index in [1.807, 2.05) is 6.07 Å². The number of piperidine rings is 1. The van der Waals surface area contributed by atoms with Crippen molar-refractivity contribution in [1.82, 2.24) is 29.9 Å². The van der Waals surface area contributed by atoms with Gasteiger partial charge in [-0.2, -0.15) is 5.10 Å². The van der Waals surface area contributed by atoms with Crippen LogP contribution < -0.4 is 10.6 Å². The number of hydrogen-bond donors (Lipinski definition) is 2. The first-order chi connectivity index (χ1) is 10.9. The number of nitrogens with one attached hydrogen (secondary N) is 2. The third-order valence-electron chi connectivity index (χ3n) is 3.89. The Labute approximate surface area is 127 Å². The zero-order valence-corrected chi connectivity index (χ0v) is 12.1.